The van der Waals surface area contributed by atoms with Gasteiger partial charge in [-0.05, 0) is 50.9 Å². The predicted molar refractivity (Wildman–Crippen MR) is 91.8 cm³/mol. The summed E-state index contributed by atoms with van der Waals surface area (Å²) in [5.41, 5.74) is 4.46. The Hall–Kier alpha value is -0.860. The fourth-order valence-corrected chi connectivity index (χ4v) is 3.80. The zero-order valence-electron chi connectivity index (χ0n) is 14.4. The number of likely N-dealkylation sites (N-methyl/N-ethyl adjacent to an activating group) is 1. The van der Waals surface area contributed by atoms with Gasteiger partial charge in [0, 0.05) is 18.6 Å². The molecule has 1 aromatic rings. The number of hydrogen-bond acceptors (Lipinski definition) is 2. The summed E-state index contributed by atoms with van der Waals surface area (Å²) >= 11 is 0. The van der Waals surface area contributed by atoms with Crippen molar-refractivity contribution in [3.05, 3.63) is 34.9 Å². The van der Waals surface area contributed by atoms with Crippen LogP contribution in [0.1, 0.15) is 55.8 Å². The van der Waals surface area contributed by atoms with E-state index in [0.717, 1.165) is 12.5 Å². The van der Waals surface area contributed by atoms with Gasteiger partial charge in [-0.15, -0.1) is 0 Å². The van der Waals surface area contributed by atoms with Crippen molar-refractivity contribution in [2.45, 2.75) is 58.5 Å². The van der Waals surface area contributed by atoms with E-state index in [4.69, 9.17) is 0 Å². The molecule has 2 unspecified atom stereocenters. The first-order valence-corrected chi connectivity index (χ1v) is 8.56. The standard InChI is InChI=1S/C19H32N2/c1-6-15(7-2)19(21(4)5)13-20-18-11-10-16-9-8-14(3)12-17(16)18/h8-9,12,15,18-20H,6-7,10-11,13H2,1-5H3. The van der Waals surface area contributed by atoms with Crippen LogP contribution in [0.4, 0.5) is 0 Å². The molecule has 1 N–H and O–H groups in total. The van der Waals surface area contributed by atoms with Crippen molar-refractivity contribution >= 4 is 0 Å². The van der Waals surface area contributed by atoms with Gasteiger partial charge >= 0.3 is 0 Å². The number of rotatable bonds is 7. The van der Waals surface area contributed by atoms with Crippen molar-refractivity contribution in [3.8, 4) is 0 Å². The third kappa shape index (κ3) is 3.87. The minimum absolute atomic E-state index is 0.553. The second-order valence-electron chi connectivity index (χ2n) is 6.81. The lowest BCUT2D eigenvalue weighted by atomic mass is 9.93. The molecule has 2 rings (SSSR count). The van der Waals surface area contributed by atoms with Crippen LogP contribution in [-0.4, -0.2) is 31.6 Å². The molecule has 0 radical (unpaired) electrons. The van der Waals surface area contributed by atoms with Crippen molar-refractivity contribution in [1.82, 2.24) is 10.2 Å². The number of hydrogen-bond donors (Lipinski definition) is 1. The van der Waals surface area contributed by atoms with Crippen LogP contribution in [0.3, 0.4) is 0 Å². The fraction of sp³-hybridized carbons (Fsp3) is 0.684. The molecule has 0 saturated heterocycles. The van der Waals surface area contributed by atoms with Crippen molar-refractivity contribution in [2.24, 2.45) is 5.92 Å². The monoisotopic (exact) mass is 288 g/mol. The molecule has 1 aliphatic carbocycles. The Bertz CT molecular complexity index is 449. The van der Waals surface area contributed by atoms with E-state index in [-0.39, 0.29) is 0 Å². The van der Waals surface area contributed by atoms with Crippen LogP contribution in [0.25, 0.3) is 0 Å². The first-order valence-electron chi connectivity index (χ1n) is 8.56. The average Bonchev–Trinajstić information content (AvgIpc) is 2.85. The van der Waals surface area contributed by atoms with Gasteiger partial charge in [0.25, 0.3) is 0 Å². The molecule has 0 heterocycles. The van der Waals surface area contributed by atoms with Crippen molar-refractivity contribution < 1.29 is 0 Å². The maximum atomic E-state index is 3.85. The lowest BCUT2D eigenvalue weighted by Crippen LogP contribution is -2.43. The summed E-state index contributed by atoms with van der Waals surface area (Å²) in [5.74, 6) is 0.783. The molecule has 0 fully saturated rings. The Balaban J connectivity index is 2.01. The highest BCUT2D eigenvalue weighted by atomic mass is 15.1. The van der Waals surface area contributed by atoms with Crippen LogP contribution < -0.4 is 5.32 Å². The van der Waals surface area contributed by atoms with E-state index in [9.17, 15) is 0 Å². The van der Waals surface area contributed by atoms with E-state index in [1.54, 1.807) is 5.56 Å². The first kappa shape index (κ1) is 16.5. The van der Waals surface area contributed by atoms with E-state index in [2.05, 4.69) is 63.3 Å². The fourth-order valence-electron chi connectivity index (χ4n) is 3.80. The van der Waals surface area contributed by atoms with Gasteiger partial charge in [0.15, 0.2) is 0 Å². The van der Waals surface area contributed by atoms with E-state index in [0.29, 0.717) is 12.1 Å². The molecule has 21 heavy (non-hydrogen) atoms. The Morgan fingerprint density at radius 1 is 1.24 bits per heavy atom. The second-order valence-corrected chi connectivity index (χ2v) is 6.81. The quantitative estimate of drug-likeness (QED) is 0.817. The minimum Gasteiger partial charge on any atom is -0.308 e. The molecule has 0 amide bonds. The molecule has 0 aliphatic heterocycles. The maximum Gasteiger partial charge on any atom is 0.0326 e. The van der Waals surface area contributed by atoms with Crippen molar-refractivity contribution in [3.63, 3.8) is 0 Å². The maximum absolute atomic E-state index is 3.85. The molecule has 1 aromatic carbocycles. The number of benzene rings is 1. The minimum atomic E-state index is 0.553. The topological polar surface area (TPSA) is 15.3 Å². The molecule has 0 spiro atoms. The number of aryl methyl sites for hydroxylation is 2. The van der Waals surface area contributed by atoms with Crippen LogP contribution in [0.2, 0.25) is 0 Å². The number of fused-ring (bicyclic) bond motifs is 1. The molecular weight excluding hydrogens is 256 g/mol. The van der Waals surface area contributed by atoms with Gasteiger partial charge in [-0.3, -0.25) is 0 Å². The van der Waals surface area contributed by atoms with Crippen LogP contribution in [0.15, 0.2) is 18.2 Å². The summed E-state index contributed by atoms with van der Waals surface area (Å²) in [7, 11) is 4.44. The van der Waals surface area contributed by atoms with Crippen LogP contribution in [-0.2, 0) is 6.42 Å². The average molecular weight is 288 g/mol. The van der Waals surface area contributed by atoms with Crippen LogP contribution in [0.5, 0.6) is 0 Å². The Kier molecular flexibility index (Phi) is 5.83. The zero-order chi connectivity index (χ0) is 15.4. The predicted octanol–water partition coefficient (Wildman–Crippen LogP) is 3.94. The molecule has 1 aliphatic rings. The lowest BCUT2D eigenvalue weighted by Gasteiger charge is -2.32. The van der Waals surface area contributed by atoms with E-state index >= 15 is 0 Å². The normalized spacial score (nSPS) is 19.3. The molecule has 118 valence electrons. The molecular formula is C19H32N2. The zero-order valence-corrected chi connectivity index (χ0v) is 14.4. The SMILES string of the molecule is CCC(CC)C(CNC1CCc2ccc(C)cc21)N(C)C. The van der Waals surface area contributed by atoms with Crippen molar-refractivity contribution in [2.75, 3.05) is 20.6 Å². The van der Waals surface area contributed by atoms with Gasteiger partial charge in [0.2, 0.25) is 0 Å². The molecule has 2 heteroatoms. The highest BCUT2D eigenvalue weighted by molar-refractivity contribution is 5.37. The Labute approximate surface area is 130 Å². The third-order valence-corrected chi connectivity index (χ3v) is 5.21. The second kappa shape index (κ2) is 7.42. The highest BCUT2D eigenvalue weighted by Gasteiger charge is 2.25. The van der Waals surface area contributed by atoms with Gasteiger partial charge in [0.1, 0.15) is 0 Å². The molecule has 2 atom stereocenters. The van der Waals surface area contributed by atoms with Gasteiger partial charge < -0.3 is 10.2 Å². The van der Waals surface area contributed by atoms with E-state index in [1.807, 2.05) is 0 Å². The van der Waals surface area contributed by atoms with Crippen molar-refractivity contribution in [1.29, 1.82) is 0 Å². The molecule has 0 bridgehead atoms. The number of nitrogens with zero attached hydrogens (tertiary/aromatic N) is 1. The van der Waals surface area contributed by atoms with Gasteiger partial charge in [0.05, 0.1) is 0 Å². The summed E-state index contributed by atoms with van der Waals surface area (Å²) < 4.78 is 0. The summed E-state index contributed by atoms with van der Waals surface area (Å²) in [6.07, 6.45) is 5.01. The Morgan fingerprint density at radius 3 is 2.57 bits per heavy atom. The molecule has 0 aromatic heterocycles. The number of nitrogens with one attached hydrogen (secondary N) is 1. The highest BCUT2D eigenvalue weighted by Crippen LogP contribution is 2.32. The van der Waals surface area contributed by atoms with E-state index in [1.165, 1.54) is 36.8 Å². The first-order chi connectivity index (χ1) is 10.1. The molecule has 0 saturated carbocycles. The van der Waals surface area contributed by atoms with E-state index < -0.39 is 0 Å². The van der Waals surface area contributed by atoms with Crippen LogP contribution >= 0.6 is 0 Å². The van der Waals surface area contributed by atoms with Gasteiger partial charge in [-0.1, -0.05) is 50.5 Å². The lowest BCUT2D eigenvalue weighted by molar-refractivity contribution is 0.189. The van der Waals surface area contributed by atoms with Gasteiger partial charge in [-0.2, -0.15) is 0 Å². The summed E-state index contributed by atoms with van der Waals surface area (Å²) in [5, 5.41) is 3.85. The van der Waals surface area contributed by atoms with Gasteiger partial charge in [-0.25, -0.2) is 0 Å². The smallest absolute Gasteiger partial charge is 0.0326 e. The van der Waals surface area contributed by atoms with Crippen LogP contribution in [0, 0.1) is 12.8 Å². The third-order valence-electron chi connectivity index (χ3n) is 5.21. The summed E-state index contributed by atoms with van der Waals surface area (Å²) in [6, 6.07) is 8.12. The summed E-state index contributed by atoms with van der Waals surface area (Å²) in [4.78, 5) is 2.40. The summed E-state index contributed by atoms with van der Waals surface area (Å²) in [6.45, 7) is 7.93. The molecule has 2 nitrogen and oxygen atoms in total. The largest absolute Gasteiger partial charge is 0.308 e. The Morgan fingerprint density at radius 2 is 1.95 bits per heavy atom.